The van der Waals surface area contributed by atoms with Crippen LogP contribution in [-0.4, -0.2) is 6.71 Å². The minimum absolute atomic E-state index is 0.118. The van der Waals surface area contributed by atoms with E-state index in [1.54, 1.807) is 5.47 Å². The molecule has 1 aliphatic heterocycles. The first kappa shape index (κ1) is 26.8. The van der Waals surface area contributed by atoms with Crippen molar-refractivity contribution in [3.05, 3.63) is 112 Å². The number of fused-ring (bicyclic) bond motifs is 1. The summed E-state index contributed by atoms with van der Waals surface area (Å²) in [5.74, 6) is 0.482. The highest BCUT2D eigenvalue weighted by atomic mass is 14.4. The van der Waals surface area contributed by atoms with Gasteiger partial charge in [-0.15, -0.1) is 0 Å². The van der Waals surface area contributed by atoms with Crippen LogP contribution >= 0.6 is 0 Å². The number of allylic oxidation sites excluding steroid dienone is 10. The Morgan fingerprint density at radius 3 is 2.32 bits per heavy atom. The summed E-state index contributed by atoms with van der Waals surface area (Å²) in [5, 5.41) is 0. The van der Waals surface area contributed by atoms with Gasteiger partial charge >= 0.3 is 0 Å². The molecule has 2 aromatic rings. The maximum atomic E-state index is 2.53. The Labute approximate surface area is 232 Å². The van der Waals surface area contributed by atoms with Gasteiger partial charge in [0.25, 0.3) is 0 Å². The van der Waals surface area contributed by atoms with E-state index in [9.17, 15) is 0 Å². The van der Waals surface area contributed by atoms with Crippen molar-refractivity contribution in [3.63, 3.8) is 0 Å². The molecular weight excluding hydrogens is 455 g/mol. The Morgan fingerprint density at radius 2 is 1.68 bits per heavy atom. The molecule has 1 heterocycles. The van der Waals surface area contributed by atoms with Crippen LogP contribution in [0.3, 0.4) is 0 Å². The normalized spacial score (nSPS) is 24.7. The predicted molar refractivity (Wildman–Crippen MR) is 169 cm³/mol. The van der Waals surface area contributed by atoms with Gasteiger partial charge in [-0.1, -0.05) is 152 Å². The third-order valence-electron chi connectivity index (χ3n) is 9.71. The predicted octanol–water partition coefficient (Wildman–Crippen LogP) is 9.61. The topological polar surface area (TPSA) is 0 Å². The summed E-state index contributed by atoms with van der Waals surface area (Å²) in [4.78, 5) is 0. The lowest BCUT2D eigenvalue weighted by molar-refractivity contribution is 0.168. The van der Waals surface area contributed by atoms with Crippen LogP contribution in [0.5, 0.6) is 0 Å². The van der Waals surface area contributed by atoms with Gasteiger partial charge in [0.15, 0.2) is 0 Å². The first-order valence-electron chi connectivity index (χ1n) is 14.6. The Kier molecular flexibility index (Phi) is 6.66. The second-order valence-electron chi connectivity index (χ2n) is 14.2. The Morgan fingerprint density at radius 1 is 0.974 bits per heavy atom. The van der Waals surface area contributed by atoms with Crippen LogP contribution in [-0.2, 0) is 5.41 Å². The summed E-state index contributed by atoms with van der Waals surface area (Å²) < 4.78 is 0. The fourth-order valence-electron chi connectivity index (χ4n) is 6.42. The van der Waals surface area contributed by atoms with Crippen LogP contribution in [0.25, 0.3) is 11.1 Å². The van der Waals surface area contributed by atoms with Gasteiger partial charge in [-0.3, -0.25) is 0 Å². The first-order valence-corrected chi connectivity index (χ1v) is 14.6. The van der Waals surface area contributed by atoms with Crippen LogP contribution < -0.4 is 5.46 Å². The van der Waals surface area contributed by atoms with Crippen LogP contribution in [0, 0.1) is 16.7 Å². The lowest BCUT2D eigenvalue weighted by Crippen LogP contribution is -2.43. The Bertz CT molecular complexity index is 1390. The van der Waals surface area contributed by atoms with Crippen molar-refractivity contribution in [2.75, 3.05) is 0 Å². The van der Waals surface area contributed by atoms with Crippen LogP contribution in [0.2, 0.25) is 6.82 Å². The smallest absolute Gasteiger partial charge is 0.0872 e. The zero-order chi connectivity index (χ0) is 27.5. The molecule has 38 heavy (non-hydrogen) atoms. The van der Waals surface area contributed by atoms with Crippen molar-refractivity contribution >= 4 is 23.3 Å². The van der Waals surface area contributed by atoms with Crippen molar-refractivity contribution < 1.29 is 0 Å². The monoisotopic (exact) mass is 500 g/mol. The molecule has 2 atom stereocenters. The fraction of sp³-hybridized carbons (Fsp3) is 0.405. The molecule has 5 rings (SSSR count). The first-order chi connectivity index (χ1) is 17.8. The zero-order valence-corrected chi connectivity index (χ0v) is 25.1. The maximum Gasteiger partial charge on any atom is 0.202 e. The van der Waals surface area contributed by atoms with Crippen LogP contribution in [0.15, 0.2) is 95.5 Å². The van der Waals surface area contributed by atoms with E-state index in [0.717, 1.165) is 12.8 Å². The highest BCUT2D eigenvalue weighted by Gasteiger charge is 2.43. The Balaban J connectivity index is 1.88. The standard InChI is InChI=1S/C37H45B/c1-25-15-13-14-18-28(25)33(26-16-11-10-12-17-26)34-29-20-19-27(35(2,3)4)23-31(29)38(9)32-24-37(8,36(5,6)7)22-21-30(32)34/h10-14,16-23,25H,15,24H2,1-9H3/b34-33+. The molecule has 0 saturated carbocycles. The molecule has 0 amide bonds. The molecule has 3 aliphatic rings. The summed E-state index contributed by atoms with van der Waals surface area (Å²) in [6, 6.07) is 18.5. The van der Waals surface area contributed by atoms with E-state index in [1.807, 2.05) is 0 Å². The van der Waals surface area contributed by atoms with E-state index in [-0.39, 0.29) is 16.2 Å². The average Bonchev–Trinajstić information content (AvgIpc) is 2.86. The molecule has 0 saturated heterocycles. The molecule has 0 N–H and O–H groups in total. The molecule has 0 aromatic heterocycles. The van der Waals surface area contributed by atoms with Gasteiger partial charge in [-0.05, 0) is 74.0 Å². The van der Waals surface area contributed by atoms with Gasteiger partial charge in [-0.2, -0.15) is 0 Å². The zero-order valence-electron chi connectivity index (χ0n) is 25.1. The third kappa shape index (κ3) is 4.53. The van der Waals surface area contributed by atoms with Gasteiger partial charge in [-0.25, -0.2) is 0 Å². The maximum absolute atomic E-state index is 2.53. The van der Waals surface area contributed by atoms with E-state index in [2.05, 4.69) is 141 Å². The van der Waals surface area contributed by atoms with E-state index >= 15 is 0 Å². The minimum Gasteiger partial charge on any atom is -0.0872 e. The van der Waals surface area contributed by atoms with Crippen molar-refractivity contribution in [1.82, 2.24) is 0 Å². The molecule has 0 bridgehead atoms. The lowest BCUT2D eigenvalue weighted by atomic mass is 9.34. The fourth-order valence-corrected chi connectivity index (χ4v) is 6.42. The number of hydrogen-bond acceptors (Lipinski definition) is 0. The third-order valence-corrected chi connectivity index (χ3v) is 9.71. The van der Waals surface area contributed by atoms with Crippen LogP contribution in [0.1, 0.15) is 84.9 Å². The molecule has 0 fully saturated rings. The van der Waals surface area contributed by atoms with E-state index in [1.165, 1.54) is 44.4 Å². The van der Waals surface area contributed by atoms with Crippen molar-refractivity contribution in [2.45, 2.75) is 80.5 Å². The van der Waals surface area contributed by atoms with Gasteiger partial charge < -0.3 is 0 Å². The van der Waals surface area contributed by atoms with Gasteiger partial charge in [0.05, 0.1) is 0 Å². The average molecular weight is 501 g/mol. The molecule has 1 heteroatoms. The van der Waals surface area contributed by atoms with Gasteiger partial charge in [0.1, 0.15) is 0 Å². The molecule has 0 radical (unpaired) electrons. The summed E-state index contributed by atoms with van der Waals surface area (Å²) in [6.07, 6.45) is 14.1. The minimum atomic E-state index is 0.118. The summed E-state index contributed by atoms with van der Waals surface area (Å²) in [7, 11) is 0. The van der Waals surface area contributed by atoms with Crippen molar-refractivity contribution in [1.29, 1.82) is 0 Å². The molecular formula is C37H45B. The number of rotatable bonds is 2. The quantitative estimate of drug-likeness (QED) is 0.360. The highest BCUT2D eigenvalue weighted by Crippen LogP contribution is 2.52. The van der Waals surface area contributed by atoms with E-state index in [0.29, 0.717) is 12.6 Å². The summed E-state index contributed by atoms with van der Waals surface area (Å²) in [5.41, 5.74) is 13.4. The number of benzene rings is 2. The molecule has 2 aliphatic carbocycles. The number of hydrogen-bond donors (Lipinski definition) is 0. The van der Waals surface area contributed by atoms with E-state index in [4.69, 9.17) is 0 Å². The van der Waals surface area contributed by atoms with Gasteiger partial charge in [0.2, 0.25) is 6.71 Å². The van der Waals surface area contributed by atoms with E-state index < -0.39 is 0 Å². The van der Waals surface area contributed by atoms with Gasteiger partial charge in [0, 0.05) is 0 Å². The second kappa shape index (κ2) is 9.44. The molecule has 2 unspecified atom stereocenters. The lowest BCUT2D eigenvalue weighted by Gasteiger charge is -2.46. The van der Waals surface area contributed by atoms with Crippen molar-refractivity contribution in [2.24, 2.45) is 16.7 Å². The summed E-state index contributed by atoms with van der Waals surface area (Å²) in [6.45, 7) is 21.9. The van der Waals surface area contributed by atoms with Crippen LogP contribution in [0.4, 0.5) is 0 Å². The molecule has 0 nitrogen and oxygen atoms in total. The second-order valence-corrected chi connectivity index (χ2v) is 14.2. The molecule has 2 aromatic carbocycles. The Hall–Kier alpha value is -2.80. The summed E-state index contributed by atoms with van der Waals surface area (Å²) >= 11 is 0. The molecule has 0 spiro atoms. The highest BCUT2D eigenvalue weighted by molar-refractivity contribution is 6.80. The molecule has 196 valence electrons. The largest absolute Gasteiger partial charge is 0.202 e. The van der Waals surface area contributed by atoms with Crippen molar-refractivity contribution in [3.8, 4) is 0 Å². The SMILES string of the molecule is CB1C2=C(C=CC(C)(C(C)(C)C)C2)/C(=C(/C2=CC=CCC2C)c2ccccc2)c2ccc(C(C)(C)C)cc21.